The predicted molar refractivity (Wildman–Crippen MR) is 38.1 cm³/mol. The molecular formula is C7H9F6NO. The molecule has 1 aliphatic heterocycles. The van der Waals surface area contributed by atoms with E-state index in [0.717, 1.165) is 0 Å². The molecule has 0 aromatic carbocycles. The number of hydrogen-bond donors (Lipinski definition) is 2. The van der Waals surface area contributed by atoms with Crippen molar-refractivity contribution in [2.45, 2.75) is 36.8 Å². The molecule has 1 aliphatic rings. The van der Waals surface area contributed by atoms with Crippen LogP contribution in [-0.2, 0) is 0 Å². The highest BCUT2D eigenvalue weighted by Gasteiger charge is 2.73. The van der Waals surface area contributed by atoms with Crippen molar-refractivity contribution in [3.8, 4) is 0 Å². The van der Waals surface area contributed by atoms with Gasteiger partial charge in [0.2, 0.25) is 0 Å². The molecule has 1 atom stereocenters. The van der Waals surface area contributed by atoms with E-state index in [9.17, 15) is 26.3 Å². The molecule has 0 amide bonds. The summed E-state index contributed by atoms with van der Waals surface area (Å²) in [5.41, 5.74) is -4.66. The summed E-state index contributed by atoms with van der Waals surface area (Å²) in [5.74, 6) is 0. The second-order valence-corrected chi connectivity index (χ2v) is 3.41. The summed E-state index contributed by atoms with van der Waals surface area (Å²) < 4.78 is 73.5. The van der Waals surface area contributed by atoms with E-state index in [-0.39, 0.29) is 19.4 Å². The lowest BCUT2D eigenvalue weighted by atomic mass is 9.91. The summed E-state index contributed by atoms with van der Waals surface area (Å²) in [6, 6.07) is -2.02. The molecule has 0 unspecified atom stereocenters. The topological polar surface area (TPSA) is 32.3 Å². The Bertz CT molecular complexity index is 215. The van der Waals surface area contributed by atoms with Gasteiger partial charge in [-0.3, -0.25) is 0 Å². The Hall–Kier alpha value is -0.500. The SMILES string of the molecule is OC([C@@H]1CCCN1)(C(F)(F)F)C(F)(F)F. The van der Waals surface area contributed by atoms with Gasteiger partial charge in [0.1, 0.15) is 0 Å². The Labute approximate surface area is 81.3 Å². The lowest BCUT2D eigenvalue weighted by Crippen LogP contribution is -2.66. The van der Waals surface area contributed by atoms with Crippen molar-refractivity contribution < 1.29 is 31.4 Å². The first-order chi connectivity index (χ1) is 6.61. The predicted octanol–water partition coefficient (Wildman–Crippen LogP) is 1.59. The minimum absolute atomic E-state index is 0.0408. The molecule has 1 saturated heterocycles. The van der Waals surface area contributed by atoms with Gasteiger partial charge in [-0.15, -0.1) is 0 Å². The molecule has 1 heterocycles. The monoisotopic (exact) mass is 237 g/mol. The third-order valence-corrected chi connectivity index (χ3v) is 2.43. The quantitative estimate of drug-likeness (QED) is 0.679. The van der Waals surface area contributed by atoms with Gasteiger partial charge in [-0.25, -0.2) is 0 Å². The van der Waals surface area contributed by atoms with Gasteiger partial charge in [0.05, 0.1) is 6.04 Å². The standard InChI is InChI=1S/C7H9F6NO/c8-6(9,10)5(15,7(11,12)13)4-2-1-3-14-4/h4,14-15H,1-3H2/t4-/m0/s1. The minimum Gasteiger partial charge on any atom is -0.372 e. The molecule has 8 heteroatoms. The molecule has 1 rings (SSSR count). The molecule has 15 heavy (non-hydrogen) atoms. The highest BCUT2D eigenvalue weighted by Crippen LogP contribution is 2.46. The van der Waals surface area contributed by atoms with Crippen LogP contribution in [0, 0.1) is 0 Å². The third-order valence-electron chi connectivity index (χ3n) is 2.43. The molecule has 90 valence electrons. The second kappa shape index (κ2) is 3.51. The smallest absolute Gasteiger partial charge is 0.372 e. The normalized spacial score (nSPS) is 24.6. The molecule has 0 saturated carbocycles. The molecular weight excluding hydrogens is 228 g/mol. The van der Waals surface area contributed by atoms with Crippen LogP contribution in [0.15, 0.2) is 0 Å². The van der Waals surface area contributed by atoms with Crippen LogP contribution in [0.4, 0.5) is 26.3 Å². The maximum absolute atomic E-state index is 12.2. The summed E-state index contributed by atoms with van der Waals surface area (Å²) in [5, 5.41) is 10.9. The fourth-order valence-corrected chi connectivity index (χ4v) is 1.60. The van der Waals surface area contributed by atoms with Gasteiger partial charge in [-0.1, -0.05) is 0 Å². The van der Waals surface area contributed by atoms with Gasteiger partial charge in [0, 0.05) is 0 Å². The van der Waals surface area contributed by atoms with Crippen molar-refractivity contribution >= 4 is 0 Å². The van der Waals surface area contributed by atoms with Crippen LogP contribution in [0.25, 0.3) is 0 Å². The highest BCUT2D eigenvalue weighted by molar-refractivity contribution is 5.04. The van der Waals surface area contributed by atoms with E-state index >= 15 is 0 Å². The Morgan fingerprint density at radius 2 is 1.47 bits per heavy atom. The molecule has 0 spiro atoms. The van der Waals surface area contributed by atoms with Crippen molar-refractivity contribution in [3.63, 3.8) is 0 Å². The van der Waals surface area contributed by atoms with Crippen LogP contribution in [0.5, 0.6) is 0 Å². The van der Waals surface area contributed by atoms with Gasteiger partial charge in [-0.2, -0.15) is 26.3 Å². The van der Waals surface area contributed by atoms with E-state index in [1.807, 2.05) is 5.32 Å². The van der Waals surface area contributed by atoms with Gasteiger partial charge in [0.15, 0.2) is 0 Å². The fraction of sp³-hybridized carbons (Fsp3) is 1.00. The molecule has 0 aromatic heterocycles. The number of hydrogen-bond acceptors (Lipinski definition) is 2. The average molecular weight is 237 g/mol. The molecule has 0 aromatic rings. The Morgan fingerprint density at radius 1 is 1.00 bits per heavy atom. The highest BCUT2D eigenvalue weighted by atomic mass is 19.4. The van der Waals surface area contributed by atoms with Crippen LogP contribution in [0.1, 0.15) is 12.8 Å². The van der Waals surface area contributed by atoms with E-state index < -0.39 is 24.0 Å². The largest absolute Gasteiger partial charge is 0.427 e. The number of aliphatic hydroxyl groups is 1. The zero-order valence-electron chi connectivity index (χ0n) is 7.41. The van der Waals surface area contributed by atoms with Crippen molar-refractivity contribution in [1.29, 1.82) is 0 Å². The van der Waals surface area contributed by atoms with E-state index in [2.05, 4.69) is 0 Å². The number of nitrogens with one attached hydrogen (secondary N) is 1. The third kappa shape index (κ3) is 1.92. The maximum Gasteiger partial charge on any atom is 0.427 e. The lowest BCUT2D eigenvalue weighted by molar-refractivity contribution is -0.375. The molecule has 0 aliphatic carbocycles. The first-order valence-electron chi connectivity index (χ1n) is 4.20. The van der Waals surface area contributed by atoms with E-state index in [0.29, 0.717) is 0 Å². The average Bonchev–Trinajstić information content (AvgIpc) is 2.49. The number of halogens is 6. The zero-order valence-corrected chi connectivity index (χ0v) is 7.41. The number of alkyl halides is 6. The summed E-state index contributed by atoms with van der Waals surface area (Å²) >= 11 is 0. The van der Waals surface area contributed by atoms with Gasteiger partial charge < -0.3 is 10.4 Å². The van der Waals surface area contributed by atoms with Crippen LogP contribution < -0.4 is 5.32 Å². The molecule has 1 fully saturated rings. The molecule has 2 N–H and O–H groups in total. The van der Waals surface area contributed by atoms with Crippen molar-refractivity contribution in [2.75, 3.05) is 6.54 Å². The molecule has 0 bridgehead atoms. The van der Waals surface area contributed by atoms with Crippen LogP contribution in [0.3, 0.4) is 0 Å². The van der Waals surface area contributed by atoms with Gasteiger partial charge >= 0.3 is 12.4 Å². The molecule has 0 radical (unpaired) electrons. The Kier molecular flexibility index (Phi) is 2.94. The Morgan fingerprint density at radius 3 is 1.73 bits per heavy atom. The first-order valence-corrected chi connectivity index (χ1v) is 4.20. The summed E-state index contributed by atoms with van der Waals surface area (Å²) in [7, 11) is 0. The van der Waals surface area contributed by atoms with Crippen molar-refractivity contribution in [3.05, 3.63) is 0 Å². The molecule has 2 nitrogen and oxygen atoms in total. The minimum atomic E-state index is -5.73. The van der Waals surface area contributed by atoms with E-state index in [1.54, 1.807) is 0 Å². The van der Waals surface area contributed by atoms with Crippen LogP contribution >= 0.6 is 0 Å². The fourth-order valence-electron chi connectivity index (χ4n) is 1.60. The maximum atomic E-state index is 12.2. The van der Waals surface area contributed by atoms with E-state index in [1.165, 1.54) is 0 Å². The van der Waals surface area contributed by atoms with Crippen molar-refractivity contribution in [1.82, 2.24) is 5.32 Å². The van der Waals surface area contributed by atoms with E-state index in [4.69, 9.17) is 5.11 Å². The first kappa shape index (κ1) is 12.6. The van der Waals surface area contributed by atoms with Gasteiger partial charge in [0.25, 0.3) is 5.60 Å². The summed E-state index contributed by atoms with van der Waals surface area (Å²) in [6.07, 6.45) is -11.6. The summed E-state index contributed by atoms with van der Waals surface area (Å²) in [4.78, 5) is 0. The second-order valence-electron chi connectivity index (χ2n) is 3.41. The van der Waals surface area contributed by atoms with Crippen LogP contribution in [0.2, 0.25) is 0 Å². The Balaban J connectivity index is 3.06. The zero-order chi connectivity index (χ0) is 11.9. The lowest BCUT2D eigenvalue weighted by Gasteiger charge is -2.36. The van der Waals surface area contributed by atoms with Gasteiger partial charge in [-0.05, 0) is 19.4 Å². The van der Waals surface area contributed by atoms with Crippen LogP contribution in [-0.4, -0.2) is 35.6 Å². The summed E-state index contributed by atoms with van der Waals surface area (Å²) in [6.45, 7) is 0.0408. The van der Waals surface area contributed by atoms with Crippen molar-refractivity contribution in [2.24, 2.45) is 0 Å². The number of rotatable bonds is 1.